The summed E-state index contributed by atoms with van der Waals surface area (Å²) in [5.74, 6) is 0.0241. The van der Waals surface area contributed by atoms with Crippen molar-refractivity contribution in [3.63, 3.8) is 0 Å². The SMILES string of the molecule is O=C(NC[C@H]1CC[C@@H](COc2ccc(Cl)c(F)c2)CO1)c1cn[nH]c1. The molecule has 0 radical (unpaired) electrons. The number of aromatic nitrogens is 2. The number of hydrogen-bond donors (Lipinski definition) is 2. The van der Waals surface area contributed by atoms with Gasteiger partial charge in [0.05, 0.1) is 36.1 Å². The number of hydrogen-bond acceptors (Lipinski definition) is 4. The molecule has 3 rings (SSSR count). The lowest BCUT2D eigenvalue weighted by Gasteiger charge is -2.29. The summed E-state index contributed by atoms with van der Waals surface area (Å²) in [5.41, 5.74) is 0.497. The first-order chi connectivity index (χ1) is 12.1. The number of rotatable bonds is 6. The molecule has 6 nitrogen and oxygen atoms in total. The van der Waals surface area contributed by atoms with Crippen molar-refractivity contribution in [2.75, 3.05) is 19.8 Å². The van der Waals surface area contributed by atoms with Crippen LogP contribution >= 0.6 is 11.6 Å². The molecule has 2 heterocycles. The van der Waals surface area contributed by atoms with Gasteiger partial charge < -0.3 is 14.8 Å². The maximum absolute atomic E-state index is 13.4. The summed E-state index contributed by atoms with van der Waals surface area (Å²) in [6.07, 6.45) is 4.76. The summed E-state index contributed by atoms with van der Waals surface area (Å²) < 4.78 is 24.8. The number of nitrogens with zero attached hydrogens (tertiary/aromatic N) is 1. The van der Waals surface area contributed by atoms with Crippen LogP contribution < -0.4 is 10.1 Å². The Bertz CT molecular complexity index is 703. The Morgan fingerprint density at radius 2 is 2.36 bits per heavy atom. The van der Waals surface area contributed by atoms with Gasteiger partial charge in [-0.05, 0) is 25.0 Å². The molecule has 2 aromatic rings. The van der Waals surface area contributed by atoms with Crippen LogP contribution in [0.5, 0.6) is 5.75 Å². The zero-order chi connectivity index (χ0) is 17.6. The molecule has 1 aromatic heterocycles. The van der Waals surface area contributed by atoms with Crippen LogP contribution in [0.2, 0.25) is 5.02 Å². The molecule has 0 unspecified atom stereocenters. The summed E-state index contributed by atoms with van der Waals surface area (Å²) in [5, 5.41) is 9.25. The molecule has 134 valence electrons. The van der Waals surface area contributed by atoms with Gasteiger partial charge in [-0.15, -0.1) is 0 Å². The van der Waals surface area contributed by atoms with E-state index in [2.05, 4.69) is 15.5 Å². The summed E-state index contributed by atoms with van der Waals surface area (Å²) in [7, 11) is 0. The van der Waals surface area contributed by atoms with Gasteiger partial charge in [0.1, 0.15) is 11.6 Å². The van der Waals surface area contributed by atoms with E-state index in [1.165, 1.54) is 18.3 Å². The van der Waals surface area contributed by atoms with E-state index >= 15 is 0 Å². The first-order valence-electron chi connectivity index (χ1n) is 8.08. The van der Waals surface area contributed by atoms with E-state index in [0.717, 1.165) is 12.8 Å². The lowest BCUT2D eigenvalue weighted by molar-refractivity contribution is -0.0251. The highest BCUT2D eigenvalue weighted by atomic mass is 35.5. The van der Waals surface area contributed by atoms with Gasteiger partial charge in [-0.3, -0.25) is 9.89 Å². The van der Waals surface area contributed by atoms with Gasteiger partial charge in [-0.25, -0.2) is 4.39 Å². The maximum Gasteiger partial charge on any atom is 0.254 e. The molecule has 25 heavy (non-hydrogen) atoms. The fourth-order valence-corrected chi connectivity index (χ4v) is 2.73. The Kier molecular flexibility index (Phi) is 5.88. The van der Waals surface area contributed by atoms with Crippen molar-refractivity contribution in [3.8, 4) is 5.75 Å². The molecule has 1 fully saturated rings. The van der Waals surface area contributed by atoms with Crippen LogP contribution in [0.25, 0.3) is 0 Å². The lowest BCUT2D eigenvalue weighted by atomic mass is 9.99. The minimum atomic E-state index is -0.493. The molecule has 0 bridgehead atoms. The summed E-state index contributed by atoms with van der Waals surface area (Å²) in [6, 6.07) is 4.39. The first-order valence-corrected chi connectivity index (χ1v) is 8.46. The second-order valence-electron chi connectivity index (χ2n) is 5.98. The van der Waals surface area contributed by atoms with Crippen LogP contribution in [0.1, 0.15) is 23.2 Å². The molecule has 1 amide bonds. The molecule has 8 heteroatoms. The molecular weight excluding hydrogens is 349 g/mol. The predicted octanol–water partition coefficient (Wildman–Crippen LogP) is 2.81. The number of amides is 1. The number of benzene rings is 1. The highest BCUT2D eigenvalue weighted by Crippen LogP contribution is 2.23. The fourth-order valence-electron chi connectivity index (χ4n) is 2.62. The van der Waals surface area contributed by atoms with Crippen LogP contribution in [0.15, 0.2) is 30.6 Å². The zero-order valence-corrected chi connectivity index (χ0v) is 14.3. The Hall–Kier alpha value is -2.12. The van der Waals surface area contributed by atoms with Gasteiger partial charge in [0.25, 0.3) is 5.91 Å². The highest BCUT2D eigenvalue weighted by molar-refractivity contribution is 6.30. The molecule has 2 N–H and O–H groups in total. The van der Waals surface area contributed by atoms with E-state index in [1.807, 2.05) is 0 Å². The minimum absolute atomic E-state index is 0.0138. The van der Waals surface area contributed by atoms with Crippen molar-refractivity contribution < 1.29 is 18.7 Å². The number of carbonyl (C=O) groups excluding carboxylic acids is 1. The molecular formula is C17H19ClFN3O3. The van der Waals surface area contributed by atoms with Gasteiger partial charge in [0.15, 0.2) is 0 Å². The number of halogens is 2. The number of carbonyl (C=O) groups is 1. The normalized spacial score (nSPS) is 20.2. The summed E-state index contributed by atoms with van der Waals surface area (Å²) >= 11 is 5.64. The van der Waals surface area contributed by atoms with Gasteiger partial charge >= 0.3 is 0 Å². The predicted molar refractivity (Wildman–Crippen MR) is 90.3 cm³/mol. The van der Waals surface area contributed by atoms with Crippen LogP contribution in [-0.2, 0) is 4.74 Å². The molecule has 0 spiro atoms. The molecule has 1 aromatic carbocycles. The Morgan fingerprint density at radius 3 is 3.04 bits per heavy atom. The molecule has 0 saturated carbocycles. The monoisotopic (exact) mass is 367 g/mol. The molecule has 2 atom stereocenters. The van der Waals surface area contributed by atoms with E-state index in [4.69, 9.17) is 21.1 Å². The quantitative estimate of drug-likeness (QED) is 0.823. The minimum Gasteiger partial charge on any atom is -0.493 e. The number of aromatic amines is 1. The van der Waals surface area contributed by atoms with Crippen LogP contribution in [0.3, 0.4) is 0 Å². The third-order valence-corrected chi connectivity index (χ3v) is 4.40. The van der Waals surface area contributed by atoms with Crippen molar-refractivity contribution in [1.29, 1.82) is 0 Å². The average Bonchev–Trinajstić information content (AvgIpc) is 3.16. The number of H-pyrrole nitrogens is 1. The Balaban J connectivity index is 1.37. The molecule has 0 aliphatic carbocycles. The average molecular weight is 368 g/mol. The maximum atomic E-state index is 13.4. The third kappa shape index (κ3) is 4.93. The lowest BCUT2D eigenvalue weighted by Crippen LogP contribution is -2.38. The Morgan fingerprint density at radius 1 is 1.48 bits per heavy atom. The summed E-state index contributed by atoms with van der Waals surface area (Å²) in [4.78, 5) is 11.8. The molecule has 1 aliphatic rings. The summed E-state index contributed by atoms with van der Waals surface area (Å²) in [6.45, 7) is 1.46. The molecule has 1 aliphatic heterocycles. The van der Waals surface area contributed by atoms with E-state index in [-0.39, 0.29) is 23.0 Å². The van der Waals surface area contributed by atoms with Crippen molar-refractivity contribution >= 4 is 17.5 Å². The van der Waals surface area contributed by atoms with E-state index in [1.54, 1.807) is 12.3 Å². The van der Waals surface area contributed by atoms with E-state index in [0.29, 0.717) is 31.1 Å². The van der Waals surface area contributed by atoms with Gasteiger partial charge in [-0.1, -0.05) is 11.6 Å². The van der Waals surface area contributed by atoms with Gasteiger partial charge in [-0.2, -0.15) is 5.10 Å². The van der Waals surface area contributed by atoms with Crippen LogP contribution in [-0.4, -0.2) is 42.0 Å². The number of nitrogens with one attached hydrogen (secondary N) is 2. The van der Waals surface area contributed by atoms with Crippen LogP contribution in [0.4, 0.5) is 4.39 Å². The standard InChI is InChI=1S/C17H19ClFN3O3/c18-15-4-3-13(5-16(15)19)24-9-11-1-2-14(25-10-11)8-20-17(23)12-6-21-22-7-12/h3-7,11,14H,1-2,8-10H2,(H,20,23)(H,21,22)/t11-,14+/m0/s1. The van der Waals surface area contributed by atoms with Gasteiger partial charge in [0.2, 0.25) is 0 Å². The van der Waals surface area contributed by atoms with Crippen molar-refractivity contribution in [2.24, 2.45) is 5.92 Å². The van der Waals surface area contributed by atoms with Crippen molar-refractivity contribution in [3.05, 3.63) is 47.0 Å². The van der Waals surface area contributed by atoms with E-state index < -0.39 is 5.82 Å². The van der Waals surface area contributed by atoms with Crippen molar-refractivity contribution in [2.45, 2.75) is 18.9 Å². The van der Waals surface area contributed by atoms with E-state index in [9.17, 15) is 9.18 Å². The second kappa shape index (κ2) is 8.31. The fraction of sp³-hybridized carbons (Fsp3) is 0.412. The topological polar surface area (TPSA) is 76.2 Å². The van der Waals surface area contributed by atoms with Crippen LogP contribution in [0, 0.1) is 11.7 Å². The van der Waals surface area contributed by atoms with Gasteiger partial charge in [0, 0.05) is 24.7 Å². The smallest absolute Gasteiger partial charge is 0.254 e. The highest BCUT2D eigenvalue weighted by Gasteiger charge is 2.23. The van der Waals surface area contributed by atoms with Crippen molar-refractivity contribution in [1.82, 2.24) is 15.5 Å². The molecule has 1 saturated heterocycles. The largest absolute Gasteiger partial charge is 0.493 e. The Labute approximate surface area is 149 Å². The number of ether oxygens (including phenoxy) is 2. The second-order valence-corrected chi connectivity index (χ2v) is 6.39. The zero-order valence-electron chi connectivity index (χ0n) is 13.5. The third-order valence-electron chi connectivity index (χ3n) is 4.09. The first kappa shape index (κ1) is 17.7.